The Labute approximate surface area is 222 Å². The second-order valence-corrected chi connectivity index (χ2v) is 10.9. The van der Waals surface area contributed by atoms with E-state index in [1.54, 1.807) is 0 Å². The van der Waals surface area contributed by atoms with Gasteiger partial charge in [-0.15, -0.1) is 0 Å². The summed E-state index contributed by atoms with van der Waals surface area (Å²) >= 11 is 0. The zero-order valence-corrected chi connectivity index (χ0v) is 22.0. The number of amides is 1. The highest BCUT2D eigenvalue weighted by molar-refractivity contribution is 5.78. The molecule has 0 aliphatic carbocycles. The molecule has 3 aromatic rings. The summed E-state index contributed by atoms with van der Waals surface area (Å²) in [7, 11) is 0. The second kappa shape index (κ2) is 13.0. The molecule has 2 fully saturated rings. The Morgan fingerprint density at radius 1 is 0.757 bits per heavy atom. The molecule has 2 aliphatic heterocycles. The van der Waals surface area contributed by atoms with Gasteiger partial charge >= 0.3 is 0 Å². The van der Waals surface area contributed by atoms with Crippen LogP contribution < -0.4 is 5.32 Å². The molecule has 0 bridgehead atoms. The molecule has 0 aromatic heterocycles. The number of carbonyl (C=O) groups is 1. The summed E-state index contributed by atoms with van der Waals surface area (Å²) in [6, 6.07) is 32.5. The third kappa shape index (κ3) is 7.30. The van der Waals surface area contributed by atoms with E-state index in [9.17, 15) is 4.79 Å². The number of nitrogens with one attached hydrogen (secondary N) is 1. The van der Waals surface area contributed by atoms with Gasteiger partial charge in [-0.1, -0.05) is 91.0 Å². The molecule has 1 amide bonds. The van der Waals surface area contributed by atoms with Crippen LogP contribution in [0.4, 0.5) is 0 Å². The van der Waals surface area contributed by atoms with Crippen molar-refractivity contribution in [3.8, 4) is 0 Å². The fourth-order valence-electron chi connectivity index (χ4n) is 6.20. The highest BCUT2D eigenvalue weighted by Crippen LogP contribution is 2.35. The molecule has 0 saturated carbocycles. The van der Waals surface area contributed by atoms with Gasteiger partial charge in [0.05, 0.1) is 0 Å². The SMILES string of the molecule is O=C(NCCCc1ccccc1)C1CCN(C[C@H]2CN(Cc3ccccc3)C[C@@H]2c2ccccc2)CC1. The molecule has 0 radical (unpaired) electrons. The minimum atomic E-state index is 0.163. The largest absolute Gasteiger partial charge is 0.356 e. The van der Waals surface area contributed by atoms with Crippen molar-refractivity contribution in [1.82, 2.24) is 15.1 Å². The molecule has 0 spiro atoms. The van der Waals surface area contributed by atoms with Crippen molar-refractivity contribution in [3.63, 3.8) is 0 Å². The van der Waals surface area contributed by atoms with Gasteiger partial charge in [0.1, 0.15) is 0 Å². The van der Waals surface area contributed by atoms with Crippen LogP contribution in [0.2, 0.25) is 0 Å². The van der Waals surface area contributed by atoms with Gasteiger partial charge in [0.25, 0.3) is 0 Å². The Bertz CT molecular complexity index is 1080. The van der Waals surface area contributed by atoms with Crippen LogP contribution in [-0.2, 0) is 17.8 Å². The molecule has 0 unspecified atom stereocenters. The van der Waals surface area contributed by atoms with E-state index >= 15 is 0 Å². The van der Waals surface area contributed by atoms with E-state index in [2.05, 4.69) is 100 Å². The molecule has 3 aromatic carbocycles. The molecule has 37 heavy (non-hydrogen) atoms. The van der Waals surface area contributed by atoms with Crippen molar-refractivity contribution in [3.05, 3.63) is 108 Å². The lowest BCUT2D eigenvalue weighted by atomic mass is 9.87. The quantitative estimate of drug-likeness (QED) is 0.385. The molecular formula is C33H41N3O. The molecule has 5 rings (SSSR count). The smallest absolute Gasteiger partial charge is 0.223 e. The molecule has 4 heteroatoms. The van der Waals surface area contributed by atoms with E-state index in [4.69, 9.17) is 0 Å². The Morgan fingerprint density at radius 3 is 2.05 bits per heavy atom. The topological polar surface area (TPSA) is 35.6 Å². The second-order valence-electron chi connectivity index (χ2n) is 10.9. The standard InChI is InChI=1S/C33H41N3O/c37-33(34-20-10-15-27-11-4-1-5-12-27)30-18-21-35(22-19-30)24-31-25-36(23-28-13-6-2-7-14-28)26-32(31)29-16-8-3-9-17-29/h1-9,11-14,16-17,30-32H,10,15,18-26H2,(H,34,37)/t31-,32+/m0/s1. The van der Waals surface area contributed by atoms with Crippen molar-refractivity contribution >= 4 is 5.91 Å². The van der Waals surface area contributed by atoms with Crippen LogP contribution in [0, 0.1) is 11.8 Å². The predicted molar refractivity (Wildman–Crippen MR) is 151 cm³/mol. The zero-order valence-electron chi connectivity index (χ0n) is 22.0. The number of piperidine rings is 1. The summed E-state index contributed by atoms with van der Waals surface area (Å²) in [6.07, 6.45) is 3.96. The number of benzene rings is 3. The summed E-state index contributed by atoms with van der Waals surface area (Å²) in [4.78, 5) is 18.0. The van der Waals surface area contributed by atoms with Crippen LogP contribution in [-0.4, -0.2) is 55.0 Å². The number of likely N-dealkylation sites (tertiary alicyclic amines) is 2. The lowest BCUT2D eigenvalue weighted by Crippen LogP contribution is -2.43. The number of nitrogens with zero attached hydrogens (tertiary/aromatic N) is 2. The molecule has 2 atom stereocenters. The number of aryl methyl sites for hydroxylation is 1. The van der Waals surface area contributed by atoms with Crippen LogP contribution in [0.25, 0.3) is 0 Å². The zero-order chi connectivity index (χ0) is 25.3. The maximum absolute atomic E-state index is 12.8. The van der Waals surface area contributed by atoms with E-state index in [0.717, 1.165) is 71.5 Å². The van der Waals surface area contributed by atoms with E-state index in [1.807, 2.05) is 6.07 Å². The van der Waals surface area contributed by atoms with Gasteiger partial charge in [0.2, 0.25) is 5.91 Å². The van der Waals surface area contributed by atoms with E-state index < -0.39 is 0 Å². The lowest BCUT2D eigenvalue weighted by molar-refractivity contribution is -0.126. The summed E-state index contributed by atoms with van der Waals surface area (Å²) < 4.78 is 0. The fraction of sp³-hybridized carbons (Fsp3) is 0.424. The Hall–Kier alpha value is -2.95. The lowest BCUT2D eigenvalue weighted by Gasteiger charge is -2.34. The van der Waals surface area contributed by atoms with Crippen LogP contribution in [0.1, 0.15) is 41.9 Å². The van der Waals surface area contributed by atoms with Crippen molar-refractivity contribution in [2.24, 2.45) is 11.8 Å². The van der Waals surface area contributed by atoms with Crippen molar-refractivity contribution in [2.45, 2.75) is 38.1 Å². The first-order valence-corrected chi connectivity index (χ1v) is 14.1. The van der Waals surface area contributed by atoms with Gasteiger partial charge in [-0.3, -0.25) is 9.69 Å². The first-order chi connectivity index (χ1) is 18.2. The normalized spacial score (nSPS) is 21.2. The number of hydrogen-bond donors (Lipinski definition) is 1. The molecule has 4 nitrogen and oxygen atoms in total. The van der Waals surface area contributed by atoms with E-state index in [0.29, 0.717) is 11.8 Å². The number of carbonyl (C=O) groups excluding carboxylic acids is 1. The Balaban J connectivity index is 1.09. The van der Waals surface area contributed by atoms with Crippen LogP contribution in [0.3, 0.4) is 0 Å². The molecule has 2 aliphatic rings. The average Bonchev–Trinajstić information content (AvgIpc) is 3.34. The van der Waals surface area contributed by atoms with Crippen molar-refractivity contribution < 1.29 is 4.79 Å². The highest BCUT2D eigenvalue weighted by Gasteiger charge is 2.36. The minimum Gasteiger partial charge on any atom is -0.356 e. The summed E-state index contributed by atoms with van der Waals surface area (Å²) in [5.74, 6) is 1.60. The summed E-state index contributed by atoms with van der Waals surface area (Å²) in [6.45, 7) is 7.22. The Kier molecular flexibility index (Phi) is 9.04. The number of hydrogen-bond acceptors (Lipinski definition) is 3. The third-order valence-corrected chi connectivity index (χ3v) is 8.23. The first-order valence-electron chi connectivity index (χ1n) is 14.1. The molecule has 2 heterocycles. The van der Waals surface area contributed by atoms with Gasteiger partial charge in [0.15, 0.2) is 0 Å². The first kappa shape index (κ1) is 25.7. The van der Waals surface area contributed by atoms with E-state index in [-0.39, 0.29) is 11.8 Å². The van der Waals surface area contributed by atoms with Crippen molar-refractivity contribution in [2.75, 3.05) is 39.3 Å². The summed E-state index contributed by atoms with van der Waals surface area (Å²) in [5, 5.41) is 3.20. The highest BCUT2D eigenvalue weighted by atomic mass is 16.1. The van der Waals surface area contributed by atoms with Gasteiger partial charge in [-0.2, -0.15) is 0 Å². The van der Waals surface area contributed by atoms with Gasteiger partial charge in [-0.05, 0) is 61.4 Å². The molecule has 1 N–H and O–H groups in total. The van der Waals surface area contributed by atoms with Gasteiger partial charge < -0.3 is 10.2 Å². The Morgan fingerprint density at radius 2 is 1.38 bits per heavy atom. The summed E-state index contributed by atoms with van der Waals surface area (Å²) in [5.41, 5.74) is 4.20. The van der Waals surface area contributed by atoms with Crippen LogP contribution >= 0.6 is 0 Å². The monoisotopic (exact) mass is 495 g/mol. The third-order valence-electron chi connectivity index (χ3n) is 8.23. The van der Waals surface area contributed by atoms with Crippen LogP contribution in [0.5, 0.6) is 0 Å². The van der Waals surface area contributed by atoms with Crippen LogP contribution in [0.15, 0.2) is 91.0 Å². The fourth-order valence-corrected chi connectivity index (χ4v) is 6.20. The molecular weight excluding hydrogens is 454 g/mol. The average molecular weight is 496 g/mol. The van der Waals surface area contributed by atoms with Gasteiger partial charge in [0, 0.05) is 44.6 Å². The maximum Gasteiger partial charge on any atom is 0.223 e. The number of rotatable bonds is 10. The predicted octanol–water partition coefficient (Wildman–Crippen LogP) is 5.36. The van der Waals surface area contributed by atoms with Gasteiger partial charge in [-0.25, -0.2) is 0 Å². The minimum absolute atomic E-state index is 0.163. The molecule has 2 saturated heterocycles. The maximum atomic E-state index is 12.8. The van der Waals surface area contributed by atoms with Crippen molar-refractivity contribution in [1.29, 1.82) is 0 Å². The van der Waals surface area contributed by atoms with E-state index in [1.165, 1.54) is 16.7 Å². The molecule has 194 valence electrons.